The summed E-state index contributed by atoms with van der Waals surface area (Å²) in [6.07, 6.45) is 4.94. The Morgan fingerprint density at radius 3 is 2.81 bits per heavy atom. The Kier molecular flexibility index (Phi) is 2.63. The van der Waals surface area contributed by atoms with Gasteiger partial charge in [-0.2, -0.15) is 13.6 Å². The van der Waals surface area contributed by atoms with Crippen LogP contribution in [0.4, 0.5) is 0 Å². The highest BCUT2D eigenvalue weighted by molar-refractivity contribution is 7.84. The van der Waals surface area contributed by atoms with Crippen molar-refractivity contribution in [3.05, 3.63) is 43.0 Å². The van der Waals surface area contributed by atoms with Gasteiger partial charge in [-0.25, -0.2) is 4.98 Å². The van der Waals surface area contributed by atoms with Crippen LogP contribution in [0.2, 0.25) is 0 Å². The van der Waals surface area contributed by atoms with Crippen molar-refractivity contribution in [2.24, 2.45) is 5.14 Å². The fourth-order valence-corrected chi connectivity index (χ4v) is 1.61. The molecule has 0 fully saturated rings. The van der Waals surface area contributed by atoms with E-state index in [2.05, 4.69) is 9.17 Å². The first-order valence-corrected chi connectivity index (χ1v) is 5.82. The minimum Gasteiger partial charge on any atom is -0.371 e. The molecule has 7 heteroatoms. The normalized spacial score (nSPS) is 11.3. The Morgan fingerprint density at radius 2 is 2.19 bits per heavy atom. The largest absolute Gasteiger partial charge is 0.380 e. The molecule has 2 rings (SSSR count). The maximum absolute atomic E-state index is 10.7. The number of aromatic nitrogens is 2. The van der Waals surface area contributed by atoms with Crippen molar-refractivity contribution in [1.82, 2.24) is 9.55 Å². The molecule has 0 atom stereocenters. The van der Waals surface area contributed by atoms with Crippen molar-refractivity contribution in [2.45, 2.75) is 0 Å². The standard InChI is InChI=1S/C9H9N3O3S/c10-16(13,14)15-9-3-1-2-8(6-9)12-5-4-11-7-12/h1-7H,(H2,10,13,14). The molecule has 0 aliphatic heterocycles. The topological polar surface area (TPSA) is 87.2 Å². The average Bonchev–Trinajstić information content (AvgIpc) is 2.68. The highest BCUT2D eigenvalue weighted by Crippen LogP contribution is 2.17. The maximum Gasteiger partial charge on any atom is 0.380 e. The van der Waals surface area contributed by atoms with Gasteiger partial charge in [-0.1, -0.05) is 6.07 Å². The van der Waals surface area contributed by atoms with Crippen LogP contribution in [0.25, 0.3) is 5.69 Å². The molecule has 0 aliphatic rings. The van der Waals surface area contributed by atoms with Crippen molar-refractivity contribution in [3.63, 3.8) is 0 Å². The average molecular weight is 239 g/mol. The van der Waals surface area contributed by atoms with E-state index in [4.69, 9.17) is 5.14 Å². The van der Waals surface area contributed by atoms with Crippen LogP contribution < -0.4 is 9.32 Å². The van der Waals surface area contributed by atoms with Crippen LogP contribution in [0.3, 0.4) is 0 Å². The molecule has 1 aromatic carbocycles. The third kappa shape index (κ3) is 2.59. The molecule has 0 unspecified atom stereocenters. The molecule has 2 aromatic rings. The summed E-state index contributed by atoms with van der Waals surface area (Å²) in [5.74, 6) is 0.161. The van der Waals surface area contributed by atoms with Crippen LogP contribution in [0.5, 0.6) is 5.75 Å². The molecule has 0 saturated heterocycles. The lowest BCUT2D eigenvalue weighted by Gasteiger charge is -2.05. The minimum atomic E-state index is -3.99. The van der Waals surface area contributed by atoms with Crippen molar-refractivity contribution in [1.29, 1.82) is 0 Å². The number of rotatable bonds is 3. The molecule has 16 heavy (non-hydrogen) atoms. The third-order valence-electron chi connectivity index (χ3n) is 1.83. The van der Waals surface area contributed by atoms with Gasteiger partial charge in [0.25, 0.3) is 0 Å². The van der Waals surface area contributed by atoms with Gasteiger partial charge in [0.1, 0.15) is 5.75 Å². The van der Waals surface area contributed by atoms with E-state index in [0.717, 1.165) is 5.69 Å². The summed E-state index contributed by atoms with van der Waals surface area (Å²) < 4.78 is 27.7. The lowest BCUT2D eigenvalue weighted by Crippen LogP contribution is -2.18. The lowest BCUT2D eigenvalue weighted by molar-refractivity contribution is 0.487. The van der Waals surface area contributed by atoms with E-state index in [0.29, 0.717) is 0 Å². The number of nitrogens with zero attached hydrogens (tertiary/aromatic N) is 2. The predicted molar refractivity (Wildman–Crippen MR) is 57.3 cm³/mol. The highest BCUT2D eigenvalue weighted by Gasteiger charge is 2.05. The zero-order chi connectivity index (χ0) is 11.6. The lowest BCUT2D eigenvalue weighted by atomic mass is 10.3. The van der Waals surface area contributed by atoms with Gasteiger partial charge in [-0.05, 0) is 12.1 Å². The summed E-state index contributed by atoms with van der Waals surface area (Å²) in [6, 6.07) is 6.50. The number of nitrogens with two attached hydrogens (primary N) is 1. The summed E-state index contributed by atoms with van der Waals surface area (Å²) in [5.41, 5.74) is 0.735. The number of hydrogen-bond acceptors (Lipinski definition) is 4. The van der Waals surface area contributed by atoms with Crippen molar-refractivity contribution in [2.75, 3.05) is 0 Å². The first-order chi connectivity index (χ1) is 7.54. The minimum absolute atomic E-state index is 0.161. The van der Waals surface area contributed by atoms with Gasteiger partial charge in [-0.15, -0.1) is 0 Å². The Hall–Kier alpha value is -1.86. The maximum atomic E-state index is 10.7. The molecule has 6 nitrogen and oxygen atoms in total. The van der Waals surface area contributed by atoms with Crippen LogP contribution >= 0.6 is 0 Å². The summed E-state index contributed by atoms with van der Waals surface area (Å²) in [7, 11) is -3.99. The molecule has 0 spiro atoms. The Morgan fingerprint density at radius 1 is 1.38 bits per heavy atom. The second-order valence-electron chi connectivity index (χ2n) is 3.04. The monoisotopic (exact) mass is 239 g/mol. The molecule has 1 heterocycles. The van der Waals surface area contributed by atoms with Crippen molar-refractivity contribution in [3.8, 4) is 11.4 Å². The molecule has 0 amide bonds. The quantitative estimate of drug-likeness (QED) is 0.842. The van der Waals surface area contributed by atoms with E-state index in [-0.39, 0.29) is 5.75 Å². The SMILES string of the molecule is NS(=O)(=O)Oc1cccc(-n2ccnc2)c1. The Bertz CT molecular complexity index is 578. The van der Waals surface area contributed by atoms with Gasteiger partial charge in [0, 0.05) is 18.5 Å². The fourth-order valence-electron chi connectivity index (χ4n) is 1.24. The van der Waals surface area contributed by atoms with E-state index < -0.39 is 10.3 Å². The predicted octanol–water partition coefficient (Wildman–Crippen LogP) is 0.455. The molecule has 1 aromatic heterocycles. The molecular formula is C9H9N3O3S. The van der Waals surface area contributed by atoms with Crippen LogP contribution in [0.1, 0.15) is 0 Å². The summed E-state index contributed by atoms with van der Waals surface area (Å²) in [6.45, 7) is 0. The molecule has 2 N–H and O–H groups in total. The van der Waals surface area contributed by atoms with Gasteiger partial charge in [0.05, 0.1) is 12.0 Å². The van der Waals surface area contributed by atoms with E-state index in [9.17, 15) is 8.42 Å². The van der Waals surface area contributed by atoms with E-state index in [1.165, 1.54) is 6.07 Å². The zero-order valence-corrected chi connectivity index (χ0v) is 8.96. The molecule has 0 bridgehead atoms. The second-order valence-corrected chi connectivity index (χ2v) is 4.20. The highest BCUT2D eigenvalue weighted by atomic mass is 32.2. The van der Waals surface area contributed by atoms with Crippen LogP contribution in [0, 0.1) is 0 Å². The second kappa shape index (κ2) is 3.95. The van der Waals surface area contributed by atoms with Gasteiger partial charge in [0.15, 0.2) is 0 Å². The summed E-state index contributed by atoms with van der Waals surface area (Å²) >= 11 is 0. The molecule has 84 valence electrons. The van der Waals surface area contributed by atoms with Gasteiger partial charge in [-0.3, -0.25) is 0 Å². The smallest absolute Gasteiger partial charge is 0.371 e. The first kappa shape index (κ1) is 10.7. The van der Waals surface area contributed by atoms with Gasteiger partial charge in [0.2, 0.25) is 0 Å². The molecule has 0 saturated carbocycles. The number of hydrogen-bond donors (Lipinski definition) is 1. The van der Waals surface area contributed by atoms with E-state index >= 15 is 0 Å². The zero-order valence-electron chi connectivity index (χ0n) is 8.15. The van der Waals surface area contributed by atoms with Crippen LogP contribution in [0.15, 0.2) is 43.0 Å². The van der Waals surface area contributed by atoms with Crippen LogP contribution in [-0.4, -0.2) is 18.0 Å². The molecule has 0 radical (unpaired) electrons. The number of benzene rings is 1. The summed E-state index contributed by atoms with van der Waals surface area (Å²) in [4.78, 5) is 3.88. The Labute approximate surface area is 92.6 Å². The number of imidazole rings is 1. The van der Waals surface area contributed by atoms with Crippen molar-refractivity contribution >= 4 is 10.3 Å². The fraction of sp³-hybridized carbons (Fsp3) is 0. The molecule has 0 aliphatic carbocycles. The Balaban J connectivity index is 2.34. The van der Waals surface area contributed by atoms with Crippen molar-refractivity contribution < 1.29 is 12.6 Å². The first-order valence-electron chi connectivity index (χ1n) is 4.35. The van der Waals surface area contributed by atoms with Gasteiger partial charge >= 0.3 is 10.3 Å². The van der Waals surface area contributed by atoms with Crippen LogP contribution in [-0.2, 0) is 10.3 Å². The summed E-state index contributed by atoms with van der Waals surface area (Å²) in [5, 5.41) is 4.77. The van der Waals surface area contributed by atoms with Gasteiger partial charge < -0.3 is 8.75 Å². The molecular weight excluding hydrogens is 230 g/mol. The van der Waals surface area contributed by atoms with E-state index in [1.807, 2.05) is 0 Å². The van der Waals surface area contributed by atoms with E-state index in [1.54, 1.807) is 41.5 Å². The third-order valence-corrected chi connectivity index (χ3v) is 2.26.